The van der Waals surface area contributed by atoms with Crippen LogP contribution < -0.4 is 15.6 Å². The highest BCUT2D eigenvalue weighted by Gasteiger charge is 2.36. The van der Waals surface area contributed by atoms with Crippen molar-refractivity contribution in [2.24, 2.45) is 0 Å². The van der Waals surface area contributed by atoms with Gasteiger partial charge in [0.2, 0.25) is 5.91 Å². The van der Waals surface area contributed by atoms with Gasteiger partial charge in [0.25, 0.3) is 11.5 Å². The highest BCUT2D eigenvalue weighted by molar-refractivity contribution is 5.98. The first-order chi connectivity index (χ1) is 16.6. The Morgan fingerprint density at radius 2 is 1.97 bits per heavy atom. The smallest absolute Gasteiger partial charge is 0.280 e. The first-order valence-electron chi connectivity index (χ1n) is 11.3. The molecule has 0 saturated heterocycles. The van der Waals surface area contributed by atoms with Gasteiger partial charge in [-0.1, -0.05) is 32.9 Å². The number of carbonyl (C=O) groups is 2. The number of hydrogen-bond acceptors (Lipinski definition) is 5. The Hall–Kier alpha value is -3.88. The van der Waals surface area contributed by atoms with Crippen LogP contribution in [0.15, 0.2) is 51.8 Å². The van der Waals surface area contributed by atoms with E-state index < -0.39 is 23.3 Å². The van der Waals surface area contributed by atoms with Gasteiger partial charge in [0.05, 0.1) is 13.5 Å². The van der Waals surface area contributed by atoms with E-state index in [0.29, 0.717) is 29.0 Å². The number of rotatable bonds is 5. The summed E-state index contributed by atoms with van der Waals surface area (Å²) < 4.78 is 25.1. The Morgan fingerprint density at radius 3 is 2.60 bits per heavy atom. The maximum Gasteiger partial charge on any atom is 0.280 e. The van der Waals surface area contributed by atoms with Crippen molar-refractivity contribution >= 4 is 17.5 Å². The minimum atomic E-state index is -0.951. The van der Waals surface area contributed by atoms with Crippen molar-refractivity contribution in [2.45, 2.75) is 45.1 Å². The van der Waals surface area contributed by atoms with Crippen LogP contribution in [0.25, 0.3) is 0 Å². The monoisotopic (exact) mass is 481 g/mol. The Balaban J connectivity index is 1.65. The number of fused-ring (bicyclic) bond motifs is 1. The third-order valence-corrected chi connectivity index (χ3v) is 6.09. The molecule has 1 atom stereocenters. The number of halogens is 1. The number of methoxy groups -OCH3 is 1. The van der Waals surface area contributed by atoms with E-state index in [4.69, 9.17) is 9.26 Å². The van der Waals surface area contributed by atoms with Crippen molar-refractivity contribution in [3.63, 3.8) is 0 Å². The lowest BCUT2D eigenvalue weighted by molar-refractivity contribution is -0.139. The normalized spacial score (nSPS) is 15.5. The summed E-state index contributed by atoms with van der Waals surface area (Å²) in [7, 11) is 1.56. The fraction of sp³-hybridized carbons (Fsp3) is 0.346. The van der Waals surface area contributed by atoms with Crippen LogP contribution in [0.4, 0.5) is 10.1 Å². The maximum atomic E-state index is 14.7. The highest BCUT2D eigenvalue weighted by atomic mass is 19.1. The molecule has 0 spiro atoms. The molecule has 184 valence electrons. The summed E-state index contributed by atoms with van der Waals surface area (Å²) in [5.74, 6) is -0.429. The molecule has 8 nitrogen and oxygen atoms in total. The summed E-state index contributed by atoms with van der Waals surface area (Å²) in [5.41, 5.74) is 1.55. The SMILES string of the molecule is COc1ccc2c(c1)CCN(C(=O)Cc1cc(=O)[nH]o1)[C@H]2C(=O)Nc1ccc(C(C)(C)C)c(F)c1. The number of ether oxygens (including phenoxy) is 1. The largest absolute Gasteiger partial charge is 0.497 e. The molecule has 4 rings (SSSR count). The van der Waals surface area contributed by atoms with E-state index in [1.165, 1.54) is 17.0 Å². The summed E-state index contributed by atoms with van der Waals surface area (Å²) in [6.45, 7) is 6.01. The van der Waals surface area contributed by atoms with E-state index >= 15 is 0 Å². The second-order valence-corrected chi connectivity index (χ2v) is 9.59. The third-order valence-electron chi connectivity index (χ3n) is 6.09. The Bertz CT molecular complexity index is 1320. The first kappa shape index (κ1) is 24.3. The van der Waals surface area contributed by atoms with E-state index in [9.17, 15) is 18.8 Å². The van der Waals surface area contributed by atoms with Crippen molar-refractivity contribution in [3.8, 4) is 5.75 Å². The van der Waals surface area contributed by atoms with Gasteiger partial charge < -0.3 is 19.5 Å². The summed E-state index contributed by atoms with van der Waals surface area (Å²) in [4.78, 5) is 39.5. The summed E-state index contributed by atoms with van der Waals surface area (Å²) in [6.07, 6.45) is 0.344. The third kappa shape index (κ3) is 5.13. The van der Waals surface area contributed by atoms with Crippen molar-refractivity contribution in [1.29, 1.82) is 0 Å². The molecule has 0 bridgehead atoms. The molecule has 0 saturated carbocycles. The maximum absolute atomic E-state index is 14.7. The number of aromatic nitrogens is 1. The molecule has 35 heavy (non-hydrogen) atoms. The molecule has 0 fully saturated rings. The zero-order chi connectivity index (χ0) is 25.3. The van der Waals surface area contributed by atoms with Crippen LogP contribution in [-0.4, -0.2) is 35.5 Å². The molecule has 1 aliphatic rings. The van der Waals surface area contributed by atoms with Gasteiger partial charge in [0.1, 0.15) is 23.4 Å². The van der Waals surface area contributed by atoms with Crippen molar-refractivity contribution in [3.05, 3.63) is 81.1 Å². The molecule has 2 N–H and O–H groups in total. The molecule has 2 amide bonds. The Labute approximate surface area is 202 Å². The molecule has 2 aromatic carbocycles. The number of hydrogen-bond donors (Lipinski definition) is 2. The zero-order valence-corrected chi connectivity index (χ0v) is 20.1. The molecule has 1 aromatic heterocycles. The Kier molecular flexibility index (Phi) is 6.51. The van der Waals surface area contributed by atoms with Crippen LogP contribution in [0.1, 0.15) is 49.3 Å². The van der Waals surface area contributed by atoms with Crippen molar-refractivity contribution < 1.29 is 23.2 Å². The average Bonchev–Trinajstić information content (AvgIpc) is 3.21. The quantitative estimate of drug-likeness (QED) is 0.578. The molecule has 3 aromatic rings. The molecular weight excluding hydrogens is 453 g/mol. The second-order valence-electron chi connectivity index (χ2n) is 9.59. The fourth-order valence-corrected chi connectivity index (χ4v) is 4.35. The topological polar surface area (TPSA) is 105 Å². The number of carbonyl (C=O) groups excluding carboxylic acids is 2. The van der Waals surface area contributed by atoms with Gasteiger partial charge in [0, 0.05) is 18.3 Å². The number of amides is 2. The van der Waals surface area contributed by atoms with Gasteiger partial charge in [0.15, 0.2) is 0 Å². The molecule has 2 heterocycles. The van der Waals surface area contributed by atoms with Crippen molar-refractivity contribution in [2.75, 3.05) is 19.0 Å². The summed E-state index contributed by atoms with van der Waals surface area (Å²) in [6, 6.07) is 10.2. The highest BCUT2D eigenvalue weighted by Crippen LogP contribution is 2.34. The number of nitrogens with one attached hydrogen (secondary N) is 2. The summed E-state index contributed by atoms with van der Waals surface area (Å²) in [5, 5.41) is 4.93. The molecule has 0 aliphatic carbocycles. The predicted octanol–water partition coefficient (Wildman–Crippen LogP) is 3.72. The lowest BCUT2D eigenvalue weighted by Gasteiger charge is -2.36. The molecule has 0 radical (unpaired) electrons. The van der Waals surface area contributed by atoms with Crippen LogP contribution in [0.2, 0.25) is 0 Å². The van der Waals surface area contributed by atoms with E-state index in [-0.39, 0.29) is 30.0 Å². The van der Waals surface area contributed by atoms with Crippen molar-refractivity contribution in [1.82, 2.24) is 10.1 Å². The Morgan fingerprint density at radius 1 is 1.20 bits per heavy atom. The van der Waals surface area contributed by atoms with Crippen LogP contribution in [0.5, 0.6) is 5.75 Å². The van der Waals surface area contributed by atoms with Gasteiger partial charge in [-0.2, -0.15) is 5.16 Å². The average molecular weight is 482 g/mol. The van der Waals surface area contributed by atoms with E-state index in [1.807, 2.05) is 26.8 Å². The number of H-pyrrole nitrogens is 1. The standard InChI is InChI=1S/C26H28FN3O5/c1-26(2,3)20-8-5-16(12-21(20)27)28-25(33)24-19-7-6-17(34-4)11-15(19)9-10-30(24)23(32)14-18-13-22(31)29-35-18/h5-8,11-13,24H,9-10,14H2,1-4H3,(H,28,33)(H,29,31)/t24-/m1/s1. The molecule has 0 unspecified atom stereocenters. The number of anilines is 1. The lowest BCUT2D eigenvalue weighted by atomic mass is 9.86. The minimum Gasteiger partial charge on any atom is -0.497 e. The van der Waals surface area contributed by atoms with E-state index in [0.717, 1.165) is 5.56 Å². The lowest BCUT2D eigenvalue weighted by Crippen LogP contribution is -2.46. The second kappa shape index (κ2) is 9.40. The first-order valence-corrected chi connectivity index (χ1v) is 11.3. The number of aromatic amines is 1. The zero-order valence-electron chi connectivity index (χ0n) is 20.1. The van der Waals surface area contributed by atoms with Crippen LogP contribution in [0, 0.1) is 5.82 Å². The number of benzene rings is 2. The van der Waals surface area contributed by atoms with Gasteiger partial charge in [-0.3, -0.25) is 14.4 Å². The minimum absolute atomic E-state index is 0.178. The number of nitrogens with zero attached hydrogens (tertiary/aromatic N) is 1. The summed E-state index contributed by atoms with van der Waals surface area (Å²) >= 11 is 0. The predicted molar refractivity (Wildman–Crippen MR) is 128 cm³/mol. The van der Waals surface area contributed by atoms with E-state index in [1.54, 1.807) is 31.4 Å². The van der Waals surface area contributed by atoms with Crippen LogP contribution in [0.3, 0.4) is 0 Å². The van der Waals surface area contributed by atoms with Gasteiger partial charge >= 0.3 is 0 Å². The molecular formula is C26H28FN3O5. The van der Waals surface area contributed by atoms with E-state index in [2.05, 4.69) is 10.5 Å². The molecule has 1 aliphatic heterocycles. The van der Waals surface area contributed by atoms with Crippen LogP contribution >= 0.6 is 0 Å². The van der Waals surface area contributed by atoms with Gasteiger partial charge in [-0.15, -0.1) is 0 Å². The van der Waals surface area contributed by atoms with Gasteiger partial charge in [-0.05, 0) is 52.8 Å². The van der Waals surface area contributed by atoms with Gasteiger partial charge in [-0.25, -0.2) is 4.39 Å². The molecule has 9 heteroatoms. The van der Waals surface area contributed by atoms with Crippen LogP contribution in [-0.2, 0) is 27.8 Å². The fourth-order valence-electron chi connectivity index (χ4n) is 4.35.